The van der Waals surface area contributed by atoms with Crippen molar-refractivity contribution in [3.05, 3.63) is 18.2 Å². The predicted octanol–water partition coefficient (Wildman–Crippen LogP) is 2.66. The SMILES string of the molecule is c1ncn(CCOC2CCCCC2)c1[C@@H]1CCCN1. The van der Waals surface area contributed by atoms with Crippen LogP contribution in [-0.4, -0.2) is 28.8 Å². The van der Waals surface area contributed by atoms with E-state index >= 15 is 0 Å². The summed E-state index contributed by atoms with van der Waals surface area (Å²) >= 11 is 0. The zero-order valence-corrected chi connectivity index (χ0v) is 11.7. The van der Waals surface area contributed by atoms with Crippen LogP contribution < -0.4 is 5.32 Å². The maximum atomic E-state index is 6.00. The van der Waals surface area contributed by atoms with Crippen molar-refractivity contribution in [2.24, 2.45) is 0 Å². The standard InChI is InChI=1S/C15H25N3O/c1-2-5-13(6-3-1)19-10-9-18-12-16-11-15(18)14-7-4-8-17-14/h11-14,17H,1-10H2/t14-/m0/s1. The van der Waals surface area contributed by atoms with E-state index in [4.69, 9.17) is 4.74 Å². The summed E-state index contributed by atoms with van der Waals surface area (Å²) in [5.74, 6) is 0. The monoisotopic (exact) mass is 263 g/mol. The molecule has 1 N–H and O–H groups in total. The molecule has 1 aromatic rings. The Morgan fingerprint density at radius 1 is 1.21 bits per heavy atom. The number of hydrogen-bond acceptors (Lipinski definition) is 3. The lowest BCUT2D eigenvalue weighted by atomic mass is 9.98. The number of nitrogens with zero attached hydrogens (tertiary/aromatic N) is 2. The normalized spacial score (nSPS) is 24.9. The van der Waals surface area contributed by atoms with Crippen molar-refractivity contribution in [3.63, 3.8) is 0 Å². The van der Waals surface area contributed by atoms with Crippen LogP contribution in [0.25, 0.3) is 0 Å². The fourth-order valence-corrected chi connectivity index (χ4v) is 3.29. The number of hydrogen-bond donors (Lipinski definition) is 1. The van der Waals surface area contributed by atoms with Gasteiger partial charge in [-0.3, -0.25) is 0 Å². The molecule has 1 aliphatic heterocycles. The number of aromatic nitrogens is 2. The molecule has 1 saturated heterocycles. The Hall–Kier alpha value is -0.870. The van der Waals surface area contributed by atoms with Crippen LogP contribution in [0.3, 0.4) is 0 Å². The van der Waals surface area contributed by atoms with E-state index in [9.17, 15) is 0 Å². The molecule has 19 heavy (non-hydrogen) atoms. The molecule has 106 valence electrons. The molecule has 1 aromatic heterocycles. The van der Waals surface area contributed by atoms with Gasteiger partial charge in [-0.25, -0.2) is 4.98 Å². The average molecular weight is 263 g/mol. The van der Waals surface area contributed by atoms with Crippen molar-refractivity contribution in [3.8, 4) is 0 Å². The second-order valence-corrected chi connectivity index (χ2v) is 5.79. The van der Waals surface area contributed by atoms with Crippen LogP contribution in [0.2, 0.25) is 0 Å². The fraction of sp³-hybridized carbons (Fsp3) is 0.800. The van der Waals surface area contributed by atoms with Crippen molar-refractivity contribution in [2.45, 2.75) is 63.6 Å². The van der Waals surface area contributed by atoms with Crippen molar-refractivity contribution < 1.29 is 4.74 Å². The molecule has 1 saturated carbocycles. The van der Waals surface area contributed by atoms with Crippen LogP contribution in [0.5, 0.6) is 0 Å². The first-order valence-corrected chi connectivity index (χ1v) is 7.78. The maximum absolute atomic E-state index is 6.00. The Morgan fingerprint density at radius 2 is 2.11 bits per heavy atom. The zero-order valence-electron chi connectivity index (χ0n) is 11.7. The molecular weight excluding hydrogens is 238 g/mol. The first-order valence-electron chi connectivity index (χ1n) is 7.78. The van der Waals surface area contributed by atoms with E-state index in [1.807, 2.05) is 12.5 Å². The summed E-state index contributed by atoms with van der Waals surface area (Å²) in [6, 6.07) is 0.497. The van der Waals surface area contributed by atoms with Crippen molar-refractivity contribution in [2.75, 3.05) is 13.2 Å². The van der Waals surface area contributed by atoms with Gasteiger partial charge in [-0.2, -0.15) is 0 Å². The van der Waals surface area contributed by atoms with Gasteiger partial charge < -0.3 is 14.6 Å². The van der Waals surface area contributed by atoms with E-state index in [0.717, 1.165) is 19.7 Å². The van der Waals surface area contributed by atoms with Crippen LogP contribution in [-0.2, 0) is 11.3 Å². The molecule has 4 heteroatoms. The van der Waals surface area contributed by atoms with Gasteiger partial charge in [0.1, 0.15) is 0 Å². The minimum Gasteiger partial charge on any atom is -0.376 e. The molecule has 1 atom stereocenters. The summed E-state index contributed by atoms with van der Waals surface area (Å²) in [6.45, 7) is 2.89. The summed E-state index contributed by atoms with van der Waals surface area (Å²) in [4.78, 5) is 4.30. The van der Waals surface area contributed by atoms with E-state index in [-0.39, 0.29) is 0 Å². The molecule has 0 unspecified atom stereocenters. The molecule has 0 aromatic carbocycles. The third-order valence-electron chi connectivity index (χ3n) is 4.40. The Labute approximate surface area is 115 Å². The highest BCUT2D eigenvalue weighted by atomic mass is 16.5. The topological polar surface area (TPSA) is 39.1 Å². The third kappa shape index (κ3) is 3.37. The molecule has 2 heterocycles. The minimum atomic E-state index is 0.497. The summed E-state index contributed by atoms with van der Waals surface area (Å²) < 4.78 is 8.26. The van der Waals surface area contributed by atoms with E-state index < -0.39 is 0 Å². The molecule has 3 rings (SSSR count). The van der Waals surface area contributed by atoms with Gasteiger partial charge in [0.05, 0.1) is 24.7 Å². The maximum Gasteiger partial charge on any atom is 0.0949 e. The molecule has 0 amide bonds. The van der Waals surface area contributed by atoms with E-state index in [0.29, 0.717) is 12.1 Å². The smallest absolute Gasteiger partial charge is 0.0949 e. The van der Waals surface area contributed by atoms with Gasteiger partial charge in [0.15, 0.2) is 0 Å². The molecule has 4 nitrogen and oxygen atoms in total. The first kappa shape index (κ1) is 13.1. The van der Waals surface area contributed by atoms with Crippen LogP contribution in [0.1, 0.15) is 56.7 Å². The lowest BCUT2D eigenvalue weighted by Crippen LogP contribution is -2.21. The Bertz CT molecular complexity index is 378. The van der Waals surface area contributed by atoms with Crippen LogP contribution in [0, 0.1) is 0 Å². The van der Waals surface area contributed by atoms with E-state index in [2.05, 4.69) is 14.9 Å². The highest BCUT2D eigenvalue weighted by Gasteiger charge is 2.20. The molecular formula is C15H25N3O. The zero-order chi connectivity index (χ0) is 12.9. The van der Waals surface area contributed by atoms with Crippen LogP contribution in [0.15, 0.2) is 12.5 Å². The van der Waals surface area contributed by atoms with E-state index in [1.165, 1.54) is 50.6 Å². The second kappa shape index (κ2) is 6.53. The third-order valence-corrected chi connectivity index (χ3v) is 4.40. The molecule has 2 fully saturated rings. The van der Waals surface area contributed by atoms with Gasteiger partial charge in [0.2, 0.25) is 0 Å². The lowest BCUT2D eigenvalue weighted by molar-refractivity contribution is 0.0237. The van der Waals surface area contributed by atoms with Crippen LogP contribution >= 0.6 is 0 Å². The average Bonchev–Trinajstić information content (AvgIpc) is 3.10. The van der Waals surface area contributed by atoms with Gasteiger partial charge in [0, 0.05) is 18.8 Å². The highest BCUT2D eigenvalue weighted by molar-refractivity contribution is 5.07. The van der Waals surface area contributed by atoms with Crippen molar-refractivity contribution in [1.82, 2.24) is 14.9 Å². The highest BCUT2D eigenvalue weighted by Crippen LogP contribution is 2.23. The van der Waals surface area contributed by atoms with Gasteiger partial charge >= 0.3 is 0 Å². The Balaban J connectivity index is 1.48. The molecule has 1 aliphatic carbocycles. The molecule has 0 spiro atoms. The van der Waals surface area contributed by atoms with Gasteiger partial charge in [-0.15, -0.1) is 0 Å². The summed E-state index contributed by atoms with van der Waals surface area (Å²) in [5, 5.41) is 3.54. The molecule has 2 aliphatic rings. The summed E-state index contributed by atoms with van der Waals surface area (Å²) in [7, 11) is 0. The van der Waals surface area contributed by atoms with Crippen molar-refractivity contribution in [1.29, 1.82) is 0 Å². The number of imidazole rings is 1. The predicted molar refractivity (Wildman–Crippen MR) is 75.0 cm³/mol. The van der Waals surface area contributed by atoms with Crippen LogP contribution in [0.4, 0.5) is 0 Å². The lowest BCUT2D eigenvalue weighted by Gasteiger charge is -2.22. The van der Waals surface area contributed by atoms with Gasteiger partial charge in [-0.1, -0.05) is 19.3 Å². The minimum absolute atomic E-state index is 0.497. The first-order chi connectivity index (χ1) is 9.43. The van der Waals surface area contributed by atoms with Crippen molar-refractivity contribution >= 4 is 0 Å². The fourth-order valence-electron chi connectivity index (χ4n) is 3.29. The number of nitrogens with one attached hydrogen (secondary N) is 1. The van der Waals surface area contributed by atoms with E-state index in [1.54, 1.807) is 0 Å². The second-order valence-electron chi connectivity index (χ2n) is 5.79. The number of ether oxygens (including phenoxy) is 1. The van der Waals surface area contributed by atoms with Gasteiger partial charge in [0.25, 0.3) is 0 Å². The number of rotatable bonds is 5. The Kier molecular flexibility index (Phi) is 4.51. The molecule has 0 bridgehead atoms. The molecule has 0 radical (unpaired) electrons. The summed E-state index contributed by atoms with van der Waals surface area (Å²) in [5.41, 5.74) is 1.32. The van der Waals surface area contributed by atoms with Gasteiger partial charge in [-0.05, 0) is 32.2 Å². The quantitative estimate of drug-likeness (QED) is 0.887. The largest absolute Gasteiger partial charge is 0.376 e. The Morgan fingerprint density at radius 3 is 2.89 bits per heavy atom. The summed E-state index contributed by atoms with van der Waals surface area (Å²) in [6.07, 6.45) is 13.5.